The fraction of sp³-hybridized carbons (Fsp3) is 0.250. The summed E-state index contributed by atoms with van der Waals surface area (Å²) in [7, 11) is 1.49. The third-order valence-corrected chi connectivity index (χ3v) is 4.40. The molecule has 0 heterocycles. The van der Waals surface area contributed by atoms with Gasteiger partial charge in [0.15, 0.2) is 0 Å². The van der Waals surface area contributed by atoms with Crippen LogP contribution in [-0.4, -0.2) is 25.2 Å². The van der Waals surface area contributed by atoms with Crippen LogP contribution in [0.3, 0.4) is 0 Å². The molecule has 0 aliphatic carbocycles. The molecule has 0 saturated carbocycles. The fourth-order valence-corrected chi connectivity index (χ4v) is 3.03. The summed E-state index contributed by atoms with van der Waals surface area (Å²) in [5.74, 6) is -0.483. The van der Waals surface area contributed by atoms with Gasteiger partial charge in [0.2, 0.25) is 0 Å². The molecule has 0 aliphatic heterocycles. The van der Waals surface area contributed by atoms with Crippen LogP contribution in [0.25, 0.3) is 5.70 Å². The number of halogens is 3. The lowest BCUT2D eigenvalue weighted by Gasteiger charge is -2.18. The predicted molar refractivity (Wildman–Crippen MR) is 103 cm³/mol. The zero-order chi connectivity index (χ0) is 20.6. The zero-order valence-corrected chi connectivity index (χ0v) is 16.2. The molecule has 28 heavy (non-hydrogen) atoms. The smallest absolute Gasteiger partial charge is 0.446 e. The number of carbonyl (C=O) groups is 1. The average molecular weight is 411 g/mol. The van der Waals surface area contributed by atoms with E-state index in [0.29, 0.717) is 11.3 Å². The molecule has 0 amide bonds. The number of nitrogens with one attached hydrogen (secondary N) is 1. The number of thioether (sulfide) groups is 1. The molecule has 0 saturated heterocycles. The summed E-state index contributed by atoms with van der Waals surface area (Å²) in [5, 5.41) is 2.97. The summed E-state index contributed by atoms with van der Waals surface area (Å²) in [6.45, 7) is 1.75. The maximum Gasteiger partial charge on any atom is 0.446 e. The Balaban J connectivity index is 2.49. The number of ether oxygens (including phenoxy) is 2. The molecule has 2 aromatic rings. The van der Waals surface area contributed by atoms with Gasteiger partial charge in [-0.05, 0) is 54.1 Å². The second kappa shape index (κ2) is 10.1. The number of hydrogen-bond donors (Lipinski definition) is 1. The minimum atomic E-state index is -4.64. The van der Waals surface area contributed by atoms with E-state index in [2.05, 4.69) is 5.32 Å². The van der Waals surface area contributed by atoms with E-state index in [9.17, 15) is 18.0 Å². The molecular weight excluding hydrogens is 391 g/mol. The number of carbonyl (C=O) groups excluding carboxylic acids is 1. The van der Waals surface area contributed by atoms with E-state index in [1.165, 1.54) is 14.0 Å². The van der Waals surface area contributed by atoms with Crippen LogP contribution in [0.2, 0.25) is 0 Å². The maximum atomic E-state index is 13.1. The molecule has 0 unspecified atom stereocenters. The van der Waals surface area contributed by atoms with Crippen LogP contribution in [0.15, 0.2) is 59.5 Å². The highest BCUT2D eigenvalue weighted by Crippen LogP contribution is 2.40. The molecule has 8 heteroatoms. The van der Waals surface area contributed by atoms with Gasteiger partial charge in [-0.1, -0.05) is 30.3 Å². The lowest BCUT2D eigenvalue weighted by molar-refractivity contribution is -0.137. The Bertz CT molecular complexity index is 806. The molecule has 0 aromatic heterocycles. The standard InChI is InChI=1S/C20H20F3NO3S/c1-3-27-19(25)18(28-20(21,22)23)17(15-9-11-16(26-2)12-10-15)24-13-14-7-5-4-6-8-14/h4-12,24H,3,13H2,1-2H3/b18-17+. The van der Waals surface area contributed by atoms with Gasteiger partial charge in [-0.2, -0.15) is 13.2 Å². The van der Waals surface area contributed by atoms with Crippen molar-refractivity contribution in [3.8, 4) is 5.75 Å². The van der Waals surface area contributed by atoms with Crippen LogP contribution in [-0.2, 0) is 16.1 Å². The number of alkyl halides is 3. The Hall–Kier alpha value is -2.61. The summed E-state index contributed by atoms with van der Waals surface area (Å²) in [6.07, 6.45) is 0. The van der Waals surface area contributed by atoms with Gasteiger partial charge >= 0.3 is 11.5 Å². The van der Waals surface area contributed by atoms with E-state index in [4.69, 9.17) is 9.47 Å². The largest absolute Gasteiger partial charge is 0.497 e. The minimum Gasteiger partial charge on any atom is -0.497 e. The molecule has 150 valence electrons. The van der Waals surface area contributed by atoms with Crippen molar-refractivity contribution in [1.82, 2.24) is 5.32 Å². The van der Waals surface area contributed by atoms with Crippen molar-refractivity contribution in [2.45, 2.75) is 19.0 Å². The van der Waals surface area contributed by atoms with Gasteiger partial charge in [-0.3, -0.25) is 0 Å². The Morgan fingerprint density at radius 1 is 1.07 bits per heavy atom. The number of esters is 1. The number of methoxy groups -OCH3 is 1. The monoisotopic (exact) mass is 411 g/mol. The summed E-state index contributed by atoms with van der Waals surface area (Å²) in [6, 6.07) is 15.5. The highest BCUT2D eigenvalue weighted by molar-refractivity contribution is 8.05. The third-order valence-electron chi connectivity index (χ3n) is 3.60. The van der Waals surface area contributed by atoms with Gasteiger partial charge in [0, 0.05) is 6.54 Å². The summed E-state index contributed by atoms with van der Waals surface area (Å²) in [5.41, 5.74) is -3.33. The second-order valence-corrected chi connectivity index (χ2v) is 6.62. The number of hydrogen-bond acceptors (Lipinski definition) is 5. The maximum absolute atomic E-state index is 13.1. The van der Waals surface area contributed by atoms with E-state index >= 15 is 0 Å². The van der Waals surface area contributed by atoms with E-state index in [1.807, 2.05) is 30.3 Å². The Labute approximate surface area is 165 Å². The lowest BCUT2D eigenvalue weighted by Crippen LogP contribution is -2.20. The third kappa shape index (κ3) is 6.53. The first kappa shape index (κ1) is 21.7. The van der Waals surface area contributed by atoms with Crippen LogP contribution in [0.1, 0.15) is 18.1 Å². The molecule has 0 radical (unpaired) electrons. The Kier molecular flexibility index (Phi) is 7.80. The molecule has 0 bridgehead atoms. The van der Waals surface area contributed by atoms with Gasteiger partial charge in [-0.15, -0.1) is 0 Å². The van der Waals surface area contributed by atoms with Gasteiger partial charge < -0.3 is 14.8 Å². The molecule has 1 N–H and O–H groups in total. The molecule has 0 atom stereocenters. The SMILES string of the molecule is CCOC(=O)/C(SC(F)(F)F)=C(\NCc1ccccc1)c1ccc(OC)cc1. The molecular formula is C20H20F3NO3S. The van der Waals surface area contributed by atoms with Gasteiger partial charge in [0.05, 0.1) is 19.4 Å². The number of benzene rings is 2. The number of rotatable bonds is 8. The van der Waals surface area contributed by atoms with E-state index in [-0.39, 0.29) is 18.8 Å². The molecule has 0 aliphatic rings. The van der Waals surface area contributed by atoms with Crippen LogP contribution in [0.5, 0.6) is 5.75 Å². The zero-order valence-electron chi connectivity index (χ0n) is 15.4. The van der Waals surface area contributed by atoms with Crippen molar-refractivity contribution >= 4 is 23.4 Å². The quantitative estimate of drug-likeness (QED) is 0.491. The van der Waals surface area contributed by atoms with E-state index < -0.39 is 28.1 Å². The van der Waals surface area contributed by atoms with Crippen molar-refractivity contribution in [1.29, 1.82) is 0 Å². The Morgan fingerprint density at radius 2 is 1.71 bits per heavy atom. The van der Waals surface area contributed by atoms with Crippen LogP contribution in [0, 0.1) is 0 Å². The minimum absolute atomic E-state index is 0.0324. The molecule has 0 spiro atoms. The van der Waals surface area contributed by atoms with Crippen LogP contribution < -0.4 is 10.1 Å². The fourth-order valence-electron chi connectivity index (χ4n) is 2.36. The summed E-state index contributed by atoms with van der Waals surface area (Å²) in [4.78, 5) is 11.8. The molecule has 0 fully saturated rings. The first-order valence-electron chi connectivity index (χ1n) is 8.43. The van der Waals surface area contributed by atoms with E-state index in [0.717, 1.165) is 5.56 Å². The van der Waals surface area contributed by atoms with Crippen molar-refractivity contribution < 1.29 is 27.4 Å². The molecule has 4 nitrogen and oxygen atoms in total. The van der Waals surface area contributed by atoms with E-state index in [1.54, 1.807) is 24.3 Å². The van der Waals surface area contributed by atoms with Crippen molar-refractivity contribution in [3.05, 3.63) is 70.6 Å². The predicted octanol–water partition coefficient (Wildman–Crippen LogP) is 4.97. The normalized spacial score (nSPS) is 12.2. The van der Waals surface area contributed by atoms with Gasteiger partial charge in [0.1, 0.15) is 10.7 Å². The first-order chi connectivity index (χ1) is 13.3. The molecule has 2 rings (SSSR count). The second-order valence-electron chi connectivity index (χ2n) is 5.54. The van der Waals surface area contributed by atoms with Crippen LogP contribution in [0.4, 0.5) is 13.2 Å². The van der Waals surface area contributed by atoms with Gasteiger partial charge in [-0.25, -0.2) is 4.79 Å². The first-order valence-corrected chi connectivity index (χ1v) is 9.25. The Morgan fingerprint density at radius 3 is 2.25 bits per heavy atom. The lowest BCUT2D eigenvalue weighted by atomic mass is 10.1. The van der Waals surface area contributed by atoms with Crippen molar-refractivity contribution in [2.75, 3.05) is 13.7 Å². The molecule has 2 aromatic carbocycles. The topological polar surface area (TPSA) is 47.6 Å². The summed E-state index contributed by atoms with van der Waals surface area (Å²) >= 11 is -0.491. The van der Waals surface area contributed by atoms with Crippen molar-refractivity contribution in [3.63, 3.8) is 0 Å². The summed E-state index contributed by atoms with van der Waals surface area (Å²) < 4.78 is 49.4. The highest BCUT2D eigenvalue weighted by Gasteiger charge is 2.35. The van der Waals surface area contributed by atoms with Crippen molar-refractivity contribution in [2.24, 2.45) is 0 Å². The highest BCUT2D eigenvalue weighted by atomic mass is 32.2. The van der Waals surface area contributed by atoms with Crippen LogP contribution >= 0.6 is 11.8 Å². The average Bonchev–Trinajstić information content (AvgIpc) is 2.68. The van der Waals surface area contributed by atoms with Gasteiger partial charge in [0.25, 0.3) is 0 Å².